The van der Waals surface area contributed by atoms with Crippen LogP contribution in [-0.2, 0) is 6.42 Å². The molecule has 0 aliphatic heterocycles. The van der Waals surface area contributed by atoms with E-state index in [0.29, 0.717) is 11.0 Å². The molecule has 1 aromatic carbocycles. The number of hydrogen-bond donors (Lipinski definition) is 3. The minimum Gasteiger partial charge on any atom is -0.369 e. The molecule has 20 heavy (non-hydrogen) atoms. The fourth-order valence-corrected chi connectivity index (χ4v) is 2.93. The summed E-state index contributed by atoms with van der Waals surface area (Å²) in [6, 6.07) is 12.1. The molecule has 0 bridgehead atoms. The monoisotopic (exact) mass is 286 g/mol. The number of hydrogen-bond acceptors (Lipinski definition) is 4. The topological polar surface area (TPSA) is 87.6 Å². The maximum atomic E-state index is 11.7. The molecule has 102 valence electrons. The van der Waals surface area contributed by atoms with E-state index in [9.17, 15) is 4.79 Å². The van der Waals surface area contributed by atoms with E-state index in [-0.39, 0.29) is 11.5 Å². The minimum atomic E-state index is -0.203. The summed E-state index contributed by atoms with van der Waals surface area (Å²) in [6.07, 6.45) is 0.843. The van der Waals surface area contributed by atoms with Crippen LogP contribution in [0.25, 0.3) is 11.0 Å². The first kappa shape index (κ1) is 12.8. The Morgan fingerprint density at radius 2 is 2.00 bits per heavy atom. The standard InChI is InChI=1S/C14H14N4OS/c15-14-17-12-11(13(19)18-14)8-9(16-12)6-7-20-10-4-2-1-3-5-10/h1-5,8H,6-7H2,(H4,15,16,17,18,19). The maximum absolute atomic E-state index is 11.7. The smallest absolute Gasteiger partial charge is 0.261 e. The molecule has 0 atom stereocenters. The van der Waals surface area contributed by atoms with Crippen LogP contribution in [0.2, 0.25) is 0 Å². The predicted molar refractivity (Wildman–Crippen MR) is 82.0 cm³/mol. The van der Waals surface area contributed by atoms with Crippen molar-refractivity contribution in [3.8, 4) is 0 Å². The third-order valence-electron chi connectivity index (χ3n) is 2.95. The SMILES string of the molecule is Nc1nc2[nH]c(CCSc3ccccc3)cc2c(=O)[nH]1. The second-order valence-electron chi connectivity index (χ2n) is 4.42. The molecule has 0 saturated heterocycles. The number of nitrogens with one attached hydrogen (secondary N) is 2. The summed E-state index contributed by atoms with van der Waals surface area (Å²) < 4.78 is 0. The predicted octanol–water partition coefficient (Wildman–Crippen LogP) is 2.17. The van der Waals surface area contributed by atoms with E-state index in [2.05, 4.69) is 27.1 Å². The third-order valence-corrected chi connectivity index (χ3v) is 3.97. The van der Waals surface area contributed by atoms with Gasteiger partial charge >= 0.3 is 0 Å². The van der Waals surface area contributed by atoms with Crippen molar-refractivity contribution < 1.29 is 0 Å². The van der Waals surface area contributed by atoms with E-state index in [0.717, 1.165) is 17.9 Å². The number of aromatic nitrogens is 3. The van der Waals surface area contributed by atoms with Gasteiger partial charge in [-0.1, -0.05) is 18.2 Å². The van der Waals surface area contributed by atoms with Crippen molar-refractivity contribution in [1.29, 1.82) is 0 Å². The minimum absolute atomic E-state index is 0.134. The largest absolute Gasteiger partial charge is 0.369 e. The molecule has 0 radical (unpaired) electrons. The maximum Gasteiger partial charge on any atom is 0.261 e. The Bertz CT molecular complexity index is 779. The third kappa shape index (κ3) is 2.70. The molecule has 2 aromatic heterocycles. The van der Waals surface area contributed by atoms with Crippen LogP contribution in [0.1, 0.15) is 5.69 Å². The number of anilines is 1. The van der Waals surface area contributed by atoms with Gasteiger partial charge in [-0.3, -0.25) is 9.78 Å². The molecular weight excluding hydrogens is 272 g/mol. The molecule has 0 fully saturated rings. The van der Waals surface area contributed by atoms with Gasteiger partial charge in [-0.05, 0) is 24.6 Å². The number of H-pyrrole nitrogens is 2. The number of aryl methyl sites for hydroxylation is 1. The Balaban J connectivity index is 1.72. The average Bonchev–Trinajstić information content (AvgIpc) is 2.83. The van der Waals surface area contributed by atoms with Gasteiger partial charge in [0.1, 0.15) is 5.65 Å². The molecule has 0 amide bonds. The van der Waals surface area contributed by atoms with E-state index in [1.807, 2.05) is 24.3 Å². The van der Waals surface area contributed by atoms with Gasteiger partial charge in [0.25, 0.3) is 5.56 Å². The van der Waals surface area contributed by atoms with Crippen molar-refractivity contribution in [3.63, 3.8) is 0 Å². The summed E-state index contributed by atoms with van der Waals surface area (Å²) in [5, 5.41) is 0.555. The van der Waals surface area contributed by atoms with Gasteiger partial charge in [0.05, 0.1) is 5.39 Å². The Hall–Kier alpha value is -2.21. The Morgan fingerprint density at radius 1 is 1.20 bits per heavy atom. The van der Waals surface area contributed by atoms with Crippen LogP contribution in [-0.4, -0.2) is 20.7 Å². The second kappa shape index (κ2) is 5.42. The zero-order valence-electron chi connectivity index (χ0n) is 10.7. The molecule has 0 aliphatic carbocycles. The van der Waals surface area contributed by atoms with Gasteiger partial charge < -0.3 is 10.7 Å². The Labute approximate surface area is 119 Å². The van der Waals surface area contributed by atoms with Gasteiger partial charge in [0, 0.05) is 16.3 Å². The normalized spacial score (nSPS) is 11.0. The lowest BCUT2D eigenvalue weighted by molar-refractivity contribution is 1.08. The van der Waals surface area contributed by atoms with E-state index < -0.39 is 0 Å². The number of nitrogen functional groups attached to an aromatic ring is 1. The second-order valence-corrected chi connectivity index (χ2v) is 5.59. The molecule has 3 rings (SSSR count). The molecule has 0 spiro atoms. The summed E-state index contributed by atoms with van der Waals surface area (Å²) in [4.78, 5) is 22.7. The highest BCUT2D eigenvalue weighted by molar-refractivity contribution is 7.99. The average molecular weight is 286 g/mol. The van der Waals surface area contributed by atoms with Crippen LogP contribution < -0.4 is 11.3 Å². The van der Waals surface area contributed by atoms with Crippen molar-refractivity contribution >= 4 is 28.7 Å². The molecule has 3 aromatic rings. The highest BCUT2D eigenvalue weighted by Crippen LogP contribution is 2.19. The van der Waals surface area contributed by atoms with E-state index >= 15 is 0 Å². The van der Waals surface area contributed by atoms with Gasteiger partial charge in [0.2, 0.25) is 5.95 Å². The van der Waals surface area contributed by atoms with Crippen molar-refractivity contribution in [1.82, 2.24) is 15.0 Å². The van der Waals surface area contributed by atoms with Crippen molar-refractivity contribution in [3.05, 3.63) is 52.4 Å². The summed E-state index contributed by atoms with van der Waals surface area (Å²) >= 11 is 1.78. The zero-order valence-corrected chi connectivity index (χ0v) is 11.5. The highest BCUT2D eigenvalue weighted by Gasteiger charge is 2.06. The first-order valence-electron chi connectivity index (χ1n) is 6.27. The number of nitrogens with two attached hydrogens (primary N) is 1. The number of fused-ring (bicyclic) bond motifs is 1. The van der Waals surface area contributed by atoms with Crippen LogP contribution in [0, 0.1) is 0 Å². The molecule has 0 saturated carbocycles. The lowest BCUT2D eigenvalue weighted by Gasteiger charge is -1.99. The number of benzene rings is 1. The molecule has 0 unspecified atom stereocenters. The molecule has 0 aliphatic rings. The van der Waals surface area contributed by atoms with Crippen LogP contribution in [0.3, 0.4) is 0 Å². The van der Waals surface area contributed by atoms with Gasteiger partial charge in [-0.25, -0.2) is 0 Å². The fourth-order valence-electron chi connectivity index (χ4n) is 2.02. The van der Waals surface area contributed by atoms with E-state index in [4.69, 9.17) is 5.73 Å². The van der Waals surface area contributed by atoms with Crippen LogP contribution in [0.15, 0.2) is 46.1 Å². The quantitative estimate of drug-likeness (QED) is 0.641. The summed E-state index contributed by atoms with van der Waals surface area (Å²) in [7, 11) is 0. The number of aromatic amines is 2. The zero-order chi connectivity index (χ0) is 13.9. The lowest BCUT2D eigenvalue weighted by atomic mass is 10.3. The first-order valence-corrected chi connectivity index (χ1v) is 7.26. The van der Waals surface area contributed by atoms with Crippen LogP contribution >= 0.6 is 11.8 Å². The van der Waals surface area contributed by atoms with E-state index in [1.165, 1.54) is 4.90 Å². The summed E-state index contributed by atoms with van der Waals surface area (Å²) in [5.74, 6) is 1.07. The molecule has 2 heterocycles. The van der Waals surface area contributed by atoms with Gasteiger partial charge in [-0.2, -0.15) is 4.98 Å². The van der Waals surface area contributed by atoms with Crippen molar-refractivity contribution in [2.45, 2.75) is 11.3 Å². The Kier molecular flexibility index (Phi) is 3.47. The highest BCUT2D eigenvalue weighted by atomic mass is 32.2. The summed E-state index contributed by atoms with van der Waals surface area (Å²) in [5.41, 5.74) is 6.86. The Morgan fingerprint density at radius 3 is 2.80 bits per heavy atom. The molecular formula is C14H14N4OS. The molecule has 4 N–H and O–H groups in total. The molecule has 5 nitrogen and oxygen atoms in total. The van der Waals surface area contributed by atoms with Crippen molar-refractivity contribution in [2.24, 2.45) is 0 Å². The number of thioether (sulfide) groups is 1. The van der Waals surface area contributed by atoms with Crippen LogP contribution in [0.4, 0.5) is 5.95 Å². The molecule has 6 heteroatoms. The number of nitrogens with zero attached hydrogens (tertiary/aromatic N) is 1. The van der Waals surface area contributed by atoms with Gasteiger partial charge in [0.15, 0.2) is 0 Å². The van der Waals surface area contributed by atoms with Crippen molar-refractivity contribution in [2.75, 3.05) is 11.5 Å². The lowest BCUT2D eigenvalue weighted by Crippen LogP contribution is -2.09. The van der Waals surface area contributed by atoms with E-state index in [1.54, 1.807) is 11.8 Å². The van der Waals surface area contributed by atoms with Crippen LogP contribution in [0.5, 0.6) is 0 Å². The summed E-state index contributed by atoms with van der Waals surface area (Å²) in [6.45, 7) is 0. The fraction of sp³-hybridized carbons (Fsp3) is 0.143. The van der Waals surface area contributed by atoms with Gasteiger partial charge in [-0.15, -0.1) is 11.8 Å². The first-order chi connectivity index (χ1) is 9.72. The number of rotatable bonds is 4.